The molecular weight excluding hydrogens is 379 g/mol. The summed E-state index contributed by atoms with van der Waals surface area (Å²) in [5.41, 5.74) is 5.39. The van der Waals surface area contributed by atoms with E-state index in [-0.39, 0.29) is 11.8 Å². The largest absolute Gasteiger partial charge is 0.427 e. The van der Waals surface area contributed by atoms with Crippen LogP contribution in [0.1, 0.15) is 6.92 Å². The summed E-state index contributed by atoms with van der Waals surface area (Å²) < 4.78 is 18.8. The smallest absolute Gasteiger partial charge is 0.308 e. The Bertz CT molecular complexity index is 1390. The molecule has 4 nitrogen and oxygen atoms in total. The van der Waals surface area contributed by atoms with Crippen LogP contribution in [0, 0.1) is 5.82 Å². The molecule has 0 aliphatic rings. The lowest BCUT2D eigenvalue weighted by Crippen LogP contribution is -2.00. The molecule has 0 amide bonds. The maximum Gasteiger partial charge on any atom is 0.308 e. The Hall–Kier alpha value is -3.99. The molecule has 5 rings (SSSR count). The molecule has 0 atom stereocenters. The molecule has 2 aromatic heterocycles. The normalized spacial score (nSPS) is 11.1. The summed E-state index contributed by atoms with van der Waals surface area (Å²) in [5, 5.41) is 1.83. The number of pyridine rings is 1. The zero-order valence-corrected chi connectivity index (χ0v) is 16.1. The molecule has 0 unspecified atom stereocenters. The number of rotatable bonds is 3. The van der Waals surface area contributed by atoms with Crippen LogP contribution in [-0.4, -0.2) is 15.9 Å². The summed E-state index contributed by atoms with van der Waals surface area (Å²) in [4.78, 5) is 19.4. The molecule has 0 radical (unpaired) electrons. The van der Waals surface area contributed by atoms with Crippen molar-refractivity contribution in [3.05, 3.63) is 84.8 Å². The van der Waals surface area contributed by atoms with Crippen LogP contribution in [0.4, 0.5) is 4.39 Å². The summed E-state index contributed by atoms with van der Waals surface area (Å²) in [6, 6.07) is 21.9. The van der Waals surface area contributed by atoms with Crippen LogP contribution in [0.5, 0.6) is 5.75 Å². The third kappa shape index (κ3) is 3.10. The number of carbonyl (C=O) groups is 1. The fourth-order valence-electron chi connectivity index (χ4n) is 3.82. The number of carbonyl (C=O) groups excluding carboxylic acids is 1. The van der Waals surface area contributed by atoms with Gasteiger partial charge < -0.3 is 9.72 Å². The van der Waals surface area contributed by atoms with Gasteiger partial charge in [-0.3, -0.25) is 4.79 Å². The number of nitrogens with one attached hydrogen (secondary N) is 1. The zero-order chi connectivity index (χ0) is 20.7. The van der Waals surface area contributed by atoms with Crippen LogP contribution in [0.3, 0.4) is 0 Å². The molecule has 0 bridgehead atoms. The molecule has 2 heterocycles. The van der Waals surface area contributed by atoms with Crippen LogP contribution in [-0.2, 0) is 4.79 Å². The standard InChI is InChI=1S/C25H17FN2O2/c1-15(29)30-19-11-12-22-20(13-19)24-23(17-5-3-2-4-6-17)21(14-27-25(24)28-22)16-7-9-18(26)10-8-16/h2-14H,1H3,(H,27,28). The number of hydrogen-bond donors (Lipinski definition) is 1. The Kier molecular flexibility index (Phi) is 4.29. The van der Waals surface area contributed by atoms with Crippen molar-refractivity contribution in [2.45, 2.75) is 6.92 Å². The molecule has 3 aromatic carbocycles. The molecule has 5 aromatic rings. The summed E-state index contributed by atoms with van der Waals surface area (Å²) in [6.45, 7) is 1.38. The Morgan fingerprint density at radius 2 is 1.73 bits per heavy atom. The van der Waals surface area contributed by atoms with E-state index in [4.69, 9.17) is 4.74 Å². The van der Waals surface area contributed by atoms with Gasteiger partial charge in [0.15, 0.2) is 0 Å². The van der Waals surface area contributed by atoms with Gasteiger partial charge in [-0.1, -0.05) is 42.5 Å². The van der Waals surface area contributed by atoms with Gasteiger partial charge in [-0.15, -0.1) is 0 Å². The van der Waals surface area contributed by atoms with Gasteiger partial charge in [0.25, 0.3) is 0 Å². The first-order chi connectivity index (χ1) is 14.6. The summed E-state index contributed by atoms with van der Waals surface area (Å²) in [5.74, 6) is -0.183. The first kappa shape index (κ1) is 18.1. The van der Waals surface area contributed by atoms with Crippen LogP contribution in [0.15, 0.2) is 79.0 Å². The van der Waals surface area contributed by atoms with Gasteiger partial charge in [0.05, 0.1) is 0 Å². The number of aromatic nitrogens is 2. The van der Waals surface area contributed by atoms with Crippen LogP contribution >= 0.6 is 0 Å². The van der Waals surface area contributed by atoms with E-state index in [9.17, 15) is 9.18 Å². The minimum absolute atomic E-state index is 0.285. The third-order valence-corrected chi connectivity index (χ3v) is 5.07. The molecule has 146 valence electrons. The van der Waals surface area contributed by atoms with Gasteiger partial charge in [-0.05, 0) is 41.5 Å². The molecule has 30 heavy (non-hydrogen) atoms. The van der Waals surface area contributed by atoms with Crippen LogP contribution in [0.2, 0.25) is 0 Å². The second-order valence-electron chi connectivity index (χ2n) is 7.07. The fraction of sp³-hybridized carbons (Fsp3) is 0.0400. The quantitative estimate of drug-likeness (QED) is 0.295. The number of H-pyrrole nitrogens is 1. The van der Waals surface area contributed by atoms with E-state index in [0.717, 1.165) is 44.2 Å². The predicted octanol–water partition coefficient (Wildman–Crippen LogP) is 6.11. The molecular formula is C25H17FN2O2. The Morgan fingerprint density at radius 1 is 0.967 bits per heavy atom. The lowest BCUT2D eigenvalue weighted by Gasteiger charge is -2.12. The summed E-state index contributed by atoms with van der Waals surface area (Å²) >= 11 is 0. The van der Waals surface area contributed by atoms with Crippen molar-refractivity contribution in [2.24, 2.45) is 0 Å². The van der Waals surface area contributed by atoms with E-state index in [0.29, 0.717) is 5.75 Å². The number of esters is 1. The molecule has 0 saturated carbocycles. The van der Waals surface area contributed by atoms with Crippen molar-refractivity contribution in [3.8, 4) is 28.0 Å². The van der Waals surface area contributed by atoms with Crippen molar-refractivity contribution in [1.82, 2.24) is 9.97 Å². The van der Waals surface area contributed by atoms with E-state index in [2.05, 4.69) is 9.97 Å². The maximum absolute atomic E-state index is 13.5. The maximum atomic E-state index is 13.5. The van der Waals surface area contributed by atoms with Gasteiger partial charge in [0, 0.05) is 40.5 Å². The van der Waals surface area contributed by atoms with Crippen molar-refractivity contribution in [2.75, 3.05) is 0 Å². The lowest BCUT2D eigenvalue weighted by molar-refractivity contribution is -0.131. The molecule has 0 fully saturated rings. The third-order valence-electron chi connectivity index (χ3n) is 5.07. The Balaban J connectivity index is 1.87. The molecule has 0 saturated heterocycles. The summed E-state index contributed by atoms with van der Waals surface area (Å²) in [6.07, 6.45) is 1.81. The number of fused-ring (bicyclic) bond motifs is 3. The van der Waals surface area contributed by atoms with Gasteiger partial charge in [0.2, 0.25) is 0 Å². The summed E-state index contributed by atoms with van der Waals surface area (Å²) in [7, 11) is 0. The predicted molar refractivity (Wildman–Crippen MR) is 116 cm³/mol. The van der Waals surface area contributed by atoms with Gasteiger partial charge in [0.1, 0.15) is 17.2 Å². The molecule has 1 N–H and O–H groups in total. The number of benzene rings is 3. The molecule has 5 heteroatoms. The van der Waals surface area contributed by atoms with Crippen molar-refractivity contribution < 1.29 is 13.9 Å². The molecule has 0 aliphatic heterocycles. The van der Waals surface area contributed by atoms with Gasteiger partial charge >= 0.3 is 5.97 Å². The zero-order valence-electron chi connectivity index (χ0n) is 16.1. The highest BCUT2D eigenvalue weighted by atomic mass is 19.1. The Labute approximate surface area is 172 Å². The second kappa shape index (κ2) is 7.12. The average Bonchev–Trinajstić information content (AvgIpc) is 3.12. The molecule has 0 spiro atoms. The number of halogens is 1. The fourth-order valence-corrected chi connectivity index (χ4v) is 3.82. The van der Waals surface area contributed by atoms with E-state index in [1.165, 1.54) is 19.1 Å². The van der Waals surface area contributed by atoms with E-state index < -0.39 is 0 Å². The highest BCUT2D eigenvalue weighted by Gasteiger charge is 2.18. The van der Waals surface area contributed by atoms with Crippen molar-refractivity contribution in [1.29, 1.82) is 0 Å². The first-order valence-electron chi connectivity index (χ1n) is 9.54. The van der Waals surface area contributed by atoms with Crippen molar-refractivity contribution >= 4 is 27.9 Å². The number of hydrogen-bond acceptors (Lipinski definition) is 3. The van der Waals surface area contributed by atoms with Gasteiger partial charge in [-0.25, -0.2) is 9.37 Å². The second-order valence-corrected chi connectivity index (χ2v) is 7.07. The number of nitrogens with zero attached hydrogens (tertiary/aromatic N) is 1. The first-order valence-corrected chi connectivity index (χ1v) is 9.54. The topological polar surface area (TPSA) is 55.0 Å². The molecule has 0 aliphatic carbocycles. The highest BCUT2D eigenvalue weighted by molar-refractivity contribution is 6.16. The number of ether oxygens (including phenoxy) is 1. The monoisotopic (exact) mass is 396 g/mol. The van der Waals surface area contributed by atoms with E-state index in [1.54, 1.807) is 24.4 Å². The number of aromatic amines is 1. The van der Waals surface area contributed by atoms with Crippen LogP contribution in [0.25, 0.3) is 44.2 Å². The SMILES string of the molecule is CC(=O)Oc1ccc2[nH]c3ncc(-c4ccc(F)cc4)c(-c4ccccc4)c3c2c1. The average molecular weight is 396 g/mol. The minimum atomic E-state index is -0.373. The van der Waals surface area contributed by atoms with Crippen molar-refractivity contribution in [3.63, 3.8) is 0 Å². The van der Waals surface area contributed by atoms with E-state index >= 15 is 0 Å². The highest BCUT2D eigenvalue weighted by Crippen LogP contribution is 2.41. The lowest BCUT2D eigenvalue weighted by atomic mass is 9.93. The van der Waals surface area contributed by atoms with Gasteiger partial charge in [-0.2, -0.15) is 0 Å². The Morgan fingerprint density at radius 3 is 2.47 bits per heavy atom. The van der Waals surface area contributed by atoms with Crippen LogP contribution < -0.4 is 4.74 Å². The van der Waals surface area contributed by atoms with E-state index in [1.807, 2.05) is 42.5 Å². The minimum Gasteiger partial charge on any atom is -0.427 e.